The van der Waals surface area contributed by atoms with E-state index in [4.69, 9.17) is 23.0 Å². The number of esters is 1. The number of carbonyl (C=O) groups excluding carboxylic acids is 1. The minimum Gasteiger partial charge on any atom is -0.489 e. The molecule has 0 radical (unpaired) electrons. The van der Waals surface area contributed by atoms with Crippen LogP contribution in [0.15, 0.2) is 87.8 Å². The third kappa shape index (κ3) is 5.01. The SMILES string of the molecule is COCCOC(=O)c1c(C)oc2ccc(OCc3ccc(-c4cnc(-c5ccccc5)o4)cc3)cc12. The zero-order valence-corrected chi connectivity index (χ0v) is 20.0. The standard InChI is InChI=1S/C29H25NO6/c1-19-27(29(31)33-15-14-32-2)24-16-23(12-13-25(24)35-19)34-18-20-8-10-21(11-9-20)26-17-30-28(36-26)22-6-4-3-5-7-22/h3-13,16-17H,14-15,18H2,1-2H3. The van der Waals surface area contributed by atoms with E-state index in [1.807, 2.05) is 60.7 Å². The van der Waals surface area contributed by atoms with Gasteiger partial charge in [0.05, 0.1) is 12.8 Å². The summed E-state index contributed by atoms with van der Waals surface area (Å²) in [5, 5.41) is 0.655. The molecule has 2 heterocycles. The first kappa shape index (κ1) is 23.4. The van der Waals surface area contributed by atoms with E-state index in [0.29, 0.717) is 52.9 Å². The summed E-state index contributed by atoms with van der Waals surface area (Å²) in [7, 11) is 1.56. The second-order valence-electron chi connectivity index (χ2n) is 8.20. The Labute approximate surface area is 208 Å². The molecule has 0 spiro atoms. The lowest BCUT2D eigenvalue weighted by Gasteiger charge is -2.08. The van der Waals surface area contributed by atoms with Gasteiger partial charge in [-0.05, 0) is 42.8 Å². The number of fused-ring (bicyclic) bond motifs is 1. The van der Waals surface area contributed by atoms with Crippen molar-refractivity contribution in [3.8, 4) is 28.5 Å². The molecule has 0 aliphatic carbocycles. The maximum atomic E-state index is 12.5. The fraction of sp³-hybridized carbons (Fsp3) is 0.172. The molecule has 0 saturated carbocycles. The number of carbonyl (C=O) groups is 1. The highest BCUT2D eigenvalue weighted by atomic mass is 16.6. The smallest absolute Gasteiger partial charge is 0.342 e. The van der Waals surface area contributed by atoms with Gasteiger partial charge in [-0.3, -0.25) is 0 Å². The van der Waals surface area contributed by atoms with Crippen LogP contribution in [0.1, 0.15) is 21.7 Å². The number of hydrogen-bond acceptors (Lipinski definition) is 7. The Hall–Kier alpha value is -4.36. The van der Waals surface area contributed by atoms with Crippen molar-refractivity contribution in [3.63, 3.8) is 0 Å². The van der Waals surface area contributed by atoms with Crippen molar-refractivity contribution in [2.24, 2.45) is 0 Å². The van der Waals surface area contributed by atoms with E-state index in [1.54, 1.807) is 32.4 Å². The van der Waals surface area contributed by atoms with E-state index < -0.39 is 5.97 Å². The van der Waals surface area contributed by atoms with Crippen LogP contribution in [0.3, 0.4) is 0 Å². The molecule has 0 unspecified atom stereocenters. The summed E-state index contributed by atoms with van der Waals surface area (Å²) < 4.78 is 27.9. The predicted octanol–water partition coefficient (Wildman–Crippen LogP) is 6.45. The maximum absolute atomic E-state index is 12.5. The molecule has 5 rings (SSSR count). The summed E-state index contributed by atoms with van der Waals surface area (Å²) in [5.41, 5.74) is 3.86. The lowest BCUT2D eigenvalue weighted by molar-refractivity contribution is 0.0388. The van der Waals surface area contributed by atoms with E-state index in [1.165, 1.54) is 0 Å². The van der Waals surface area contributed by atoms with E-state index in [9.17, 15) is 4.79 Å². The quantitative estimate of drug-likeness (QED) is 0.176. The van der Waals surface area contributed by atoms with Crippen molar-refractivity contribution >= 4 is 16.9 Å². The molecule has 0 saturated heterocycles. The Kier molecular flexibility index (Phi) is 6.82. The first-order chi connectivity index (χ1) is 17.6. The lowest BCUT2D eigenvalue weighted by atomic mass is 10.1. The Balaban J connectivity index is 1.27. The van der Waals surface area contributed by atoms with Crippen LogP contribution in [-0.2, 0) is 16.1 Å². The number of aryl methyl sites for hydroxylation is 1. The van der Waals surface area contributed by atoms with Gasteiger partial charge in [0.1, 0.15) is 35.9 Å². The Bertz CT molecular complexity index is 1470. The van der Waals surface area contributed by atoms with Crippen LogP contribution in [0.5, 0.6) is 5.75 Å². The van der Waals surface area contributed by atoms with Gasteiger partial charge in [0.15, 0.2) is 5.76 Å². The number of rotatable bonds is 9. The zero-order valence-electron chi connectivity index (χ0n) is 20.0. The van der Waals surface area contributed by atoms with Gasteiger partial charge in [-0.2, -0.15) is 0 Å². The number of hydrogen-bond donors (Lipinski definition) is 0. The molecule has 5 aromatic rings. The summed E-state index contributed by atoms with van der Waals surface area (Å²) >= 11 is 0. The second kappa shape index (κ2) is 10.5. The van der Waals surface area contributed by atoms with Gasteiger partial charge in [0, 0.05) is 23.6 Å². The third-order valence-corrected chi connectivity index (χ3v) is 5.73. The number of benzene rings is 3. The molecular formula is C29H25NO6. The summed E-state index contributed by atoms with van der Waals surface area (Å²) in [6.07, 6.45) is 1.73. The topological polar surface area (TPSA) is 83.9 Å². The van der Waals surface area contributed by atoms with Gasteiger partial charge in [-0.1, -0.05) is 42.5 Å². The van der Waals surface area contributed by atoms with Crippen molar-refractivity contribution in [1.82, 2.24) is 4.98 Å². The monoisotopic (exact) mass is 483 g/mol. The van der Waals surface area contributed by atoms with Gasteiger partial charge in [0.2, 0.25) is 5.89 Å². The Morgan fingerprint density at radius 3 is 2.50 bits per heavy atom. The average molecular weight is 484 g/mol. The molecule has 0 amide bonds. The van der Waals surface area contributed by atoms with Crippen molar-refractivity contribution < 1.29 is 27.8 Å². The lowest BCUT2D eigenvalue weighted by Crippen LogP contribution is -2.10. The molecule has 0 bridgehead atoms. The third-order valence-electron chi connectivity index (χ3n) is 5.73. The number of aromatic nitrogens is 1. The molecule has 2 aromatic heterocycles. The minimum absolute atomic E-state index is 0.176. The largest absolute Gasteiger partial charge is 0.489 e. The molecule has 0 atom stereocenters. The number of furan rings is 1. The molecule has 0 N–H and O–H groups in total. The van der Waals surface area contributed by atoms with Crippen molar-refractivity contribution in [1.29, 1.82) is 0 Å². The maximum Gasteiger partial charge on any atom is 0.342 e. The van der Waals surface area contributed by atoms with Crippen LogP contribution in [-0.4, -0.2) is 31.3 Å². The first-order valence-corrected chi connectivity index (χ1v) is 11.5. The van der Waals surface area contributed by atoms with Crippen LogP contribution < -0.4 is 4.74 Å². The van der Waals surface area contributed by atoms with Gasteiger partial charge in [0.25, 0.3) is 0 Å². The number of methoxy groups -OCH3 is 1. The first-order valence-electron chi connectivity index (χ1n) is 11.5. The van der Waals surface area contributed by atoms with Crippen molar-refractivity contribution in [3.05, 3.63) is 95.9 Å². The molecular weight excluding hydrogens is 458 g/mol. The summed E-state index contributed by atoms with van der Waals surface area (Å²) in [5.74, 6) is 1.97. The summed E-state index contributed by atoms with van der Waals surface area (Å²) in [4.78, 5) is 16.9. The van der Waals surface area contributed by atoms with E-state index in [0.717, 1.165) is 16.7 Å². The molecule has 7 nitrogen and oxygen atoms in total. The van der Waals surface area contributed by atoms with Gasteiger partial charge in [-0.25, -0.2) is 9.78 Å². The Morgan fingerprint density at radius 2 is 1.72 bits per heavy atom. The highest BCUT2D eigenvalue weighted by Crippen LogP contribution is 2.30. The number of oxazole rings is 1. The molecule has 36 heavy (non-hydrogen) atoms. The highest BCUT2D eigenvalue weighted by molar-refractivity contribution is 6.04. The average Bonchev–Trinajstić information content (AvgIpc) is 3.52. The molecule has 3 aromatic carbocycles. The van der Waals surface area contributed by atoms with Crippen molar-refractivity contribution in [2.45, 2.75) is 13.5 Å². The molecule has 0 aliphatic rings. The summed E-state index contributed by atoms with van der Waals surface area (Å²) in [6.45, 7) is 2.61. The Morgan fingerprint density at radius 1 is 0.917 bits per heavy atom. The fourth-order valence-corrected chi connectivity index (χ4v) is 3.89. The van der Waals surface area contributed by atoms with E-state index >= 15 is 0 Å². The highest BCUT2D eigenvalue weighted by Gasteiger charge is 2.20. The zero-order chi connectivity index (χ0) is 24.9. The second-order valence-corrected chi connectivity index (χ2v) is 8.20. The molecule has 0 fully saturated rings. The van der Waals surface area contributed by atoms with Crippen LogP contribution in [0.25, 0.3) is 33.7 Å². The van der Waals surface area contributed by atoms with E-state index in [-0.39, 0.29) is 6.61 Å². The molecule has 7 heteroatoms. The van der Waals surface area contributed by atoms with Crippen LogP contribution in [0.4, 0.5) is 0 Å². The molecule has 0 aliphatic heterocycles. The van der Waals surface area contributed by atoms with Gasteiger partial charge in [-0.15, -0.1) is 0 Å². The molecule has 182 valence electrons. The normalized spacial score (nSPS) is 11.1. The van der Waals surface area contributed by atoms with Crippen molar-refractivity contribution in [2.75, 3.05) is 20.3 Å². The minimum atomic E-state index is -0.445. The van der Waals surface area contributed by atoms with Gasteiger partial charge >= 0.3 is 5.97 Å². The number of nitrogens with zero attached hydrogens (tertiary/aromatic N) is 1. The fourth-order valence-electron chi connectivity index (χ4n) is 3.89. The summed E-state index contributed by atoms with van der Waals surface area (Å²) in [6, 6.07) is 23.1. The predicted molar refractivity (Wildman–Crippen MR) is 135 cm³/mol. The van der Waals surface area contributed by atoms with E-state index in [2.05, 4.69) is 4.98 Å². The number of ether oxygens (including phenoxy) is 3. The van der Waals surface area contributed by atoms with Crippen LogP contribution in [0, 0.1) is 6.92 Å². The van der Waals surface area contributed by atoms with Crippen LogP contribution in [0.2, 0.25) is 0 Å². The van der Waals surface area contributed by atoms with Gasteiger partial charge < -0.3 is 23.0 Å². The van der Waals surface area contributed by atoms with Crippen LogP contribution >= 0.6 is 0 Å².